The van der Waals surface area contributed by atoms with Crippen molar-refractivity contribution in [2.45, 2.75) is 24.3 Å². The van der Waals surface area contributed by atoms with Crippen LogP contribution in [0.1, 0.15) is 18.4 Å². The van der Waals surface area contributed by atoms with Crippen LogP contribution in [0.2, 0.25) is 0 Å². The van der Waals surface area contributed by atoms with Crippen molar-refractivity contribution in [1.29, 1.82) is 0 Å². The van der Waals surface area contributed by atoms with Crippen molar-refractivity contribution >= 4 is 21.7 Å². The summed E-state index contributed by atoms with van der Waals surface area (Å²) in [6.45, 7) is 0.968. The number of nitrogens with zero attached hydrogens (tertiary/aromatic N) is 2. The number of carbonyl (C=O) groups excluding carboxylic acids is 1. The number of alkyl halides is 3. The van der Waals surface area contributed by atoms with Crippen LogP contribution in [0.3, 0.4) is 0 Å². The van der Waals surface area contributed by atoms with Crippen LogP contribution in [0.5, 0.6) is 0 Å². The minimum Gasteiger partial charge on any atom is -0.322 e. The molecule has 1 saturated heterocycles. The van der Waals surface area contributed by atoms with Gasteiger partial charge in [0, 0.05) is 31.9 Å². The number of hydrogen-bond acceptors (Lipinski definition) is 3. The van der Waals surface area contributed by atoms with Crippen molar-refractivity contribution in [3.05, 3.63) is 29.8 Å². The highest BCUT2D eigenvalue weighted by atomic mass is 32.2. The van der Waals surface area contributed by atoms with Crippen LogP contribution in [0, 0.1) is 0 Å². The van der Waals surface area contributed by atoms with Crippen LogP contribution < -0.4 is 5.32 Å². The van der Waals surface area contributed by atoms with Gasteiger partial charge in [0.25, 0.3) is 0 Å². The number of halogens is 3. The van der Waals surface area contributed by atoms with Gasteiger partial charge in [-0.25, -0.2) is 13.2 Å². The van der Waals surface area contributed by atoms with E-state index in [4.69, 9.17) is 0 Å². The van der Waals surface area contributed by atoms with E-state index in [9.17, 15) is 26.4 Å². The number of carbonyl (C=O) groups is 1. The van der Waals surface area contributed by atoms with Gasteiger partial charge in [-0.2, -0.15) is 17.5 Å². The zero-order valence-electron chi connectivity index (χ0n) is 13.3. The molecular weight excluding hydrogens is 359 g/mol. The molecular formula is C15H18F3N3O3S. The Morgan fingerprint density at radius 1 is 1.04 bits per heavy atom. The third-order valence-corrected chi connectivity index (χ3v) is 6.69. The van der Waals surface area contributed by atoms with Crippen molar-refractivity contribution in [2.75, 3.05) is 31.5 Å². The van der Waals surface area contributed by atoms with Gasteiger partial charge in [-0.3, -0.25) is 0 Å². The second-order valence-corrected chi connectivity index (χ2v) is 8.35. The summed E-state index contributed by atoms with van der Waals surface area (Å²) < 4.78 is 63.2. The number of amides is 2. The standard InChI is InChI=1S/C15H18F3N3O3S/c16-15(17,18)11-1-3-12(4-2-11)19-14(22)20-7-9-21(10-8-20)25(23,24)13-5-6-13/h1-4,13H,5-10H2,(H,19,22). The Labute approximate surface area is 143 Å². The highest BCUT2D eigenvalue weighted by Crippen LogP contribution is 2.32. The molecule has 0 bridgehead atoms. The van der Waals surface area contributed by atoms with Crippen LogP contribution in [-0.4, -0.2) is 55.1 Å². The lowest BCUT2D eigenvalue weighted by atomic mass is 10.2. The third kappa shape index (κ3) is 4.06. The van der Waals surface area contributed by atoms with Gasteiger partial charge in [-0.15, -0.1) is 0 Å². The fourth-order valence-electron chi connectivity index (χ4n) is 2.67. The first-order chi connectivity index (χ1) is 11.7. The topological polar surface area (TPSA) is 69.7 Å². The molecule has 138 valence electrons. The molecule has 1 saturated carbocycles. The Balaban J connectivity index is 1.54. The molecule has 2 aliphatic rings. The normalized spacial score (nSPS) is 19.7. The molecule has 0 unspecified atom stereocenters. The van der Waals surface area contributed by atoms with Crippen LogP contribution in [0.15, 0.2) is 24.3 Å². The Hall–Kier alpha value is -1.81. The number of rotatable bonds is 3. The molecule has 0 aromatic heterocycles. The fourth-order valence-corrected chi connectivity index (χ4v) is 4.49. The molecule has 2 fully saturated rings. The van der Waals surface area contributed by atoms with Crippen LogP contribution >= 0.6 is 0 Å². The Morgan fingerprint density at radius 2 is 1.60 bits per heavy atom. The molecule has 2 amide bonds. The number of hydrogen-bond donors (Lipinski definition) is 1. The summed E-state index contributed by atoms with van der Waals surface area (Å²) in [7, 11) is -3.25. The first-order valence-corrected chi connectivity index (χ1v) is 9.40. The highest BCUT2D eigenvalue weighted by molar-refractivity contribution is 7.90. The molecule has 0 atom stereocenters. The zero-order valence-corrected chi connectivity index (χ0v) is 14.1. The van der Waals surface area contributed by atoms with E-state index >= 15 is 0 Å². The summed E-state index contributed by atoms with van der Waals surface area (Å²) in [4.78, 5) is 13.6. The average molecular weight is 377 g/mol. The molecule has 1 aromatic rings. The minimum atomic E-state index is -4.42. The second kappa shape index (κ2) is 6.49. The van der Waals surface area contributed by atoms with Crippen molar-refractivity contribution in [2.24, 2.45) is 0 Å². The molecule has 1 aliphatic carbocycles. The van der Waals surface area contributed by atoms with Crippen LogP contribution in [0.25, 0.3) is 0 Å². The lowest BCUT2D eigenvalue weighted by Gasteiger charge is -2.34. The first kappa shape index (κ1) is 18.0. The number of urea groups is 1. The van der Waals surface area contributed by atoms with Gasteiger partial charge in [0.2, 0.25) is 10.0 Å². The molecule has 0 spiro atoms. The van der Waals surface area contributed by atoms with Gasteiger partial charge >= 0.3 is 12.2 Å². The monoisotopic (exact) mass is 377 g/mol. The zero-order chi connectivity index (χ0) is 18.2. The Kier molecular flexibility index (Phi) is 4.67. The van der Waals surface area contributed by atoms with Crippen molar-refractivity contribution in [1.82, 2.24) is 9.21 Å². The van der Waals surface area contributed by atoms with E-state index in [0.717, 1.165) is 12.1 Å². The summed E-state index contributed by atoms with van der Waals surface area (Å²) in [6, 6.07) is 3.72. The Bertz CT molecular complexity index is 738. The van der Waals surface area contributed by atoms with E-state index in [1.807, 2.05) is 0 Å². The SMILES string of the molecule is O=C(Nc1ccc(C(F)(F)F)cc1)N1CCN(S(=O)(=O)C2CC2)CC1. The Morgan fingerprint density at radius 3 is 2.08 bits per heavy atom. The molecule has 3 rings (SSSR count). The van der Waals surface area contributed by atoms with Gasteiger partial charge in [-0.05, 0) is 37.1 Å². The molecule has 10 heteroatoms. The molecule has 25 heavy (non-hydrogen) atoms. The molecule has 0 radical (unpaired) electrons. The summed E-state index contributed by atoms with van der Waals surface area (Å²) in [5.41, 5.74) is -0.532. The van der Waals surface area contributed by atoms with Crippen molar-refractivity contribution in [3.8, 4) is 0 Å². The summed E-state index contributed by atoms with van der Waals surface area (Å²) in [6.07, 6.45) is -3.04. The molecule has 1 N–H and O–H groups in total. The third-order valence-electron chi connectivity index (χ3n) is 4.29. The maximum atomic E-state index is 12.5. The van der Waals surface area contributed by atoms with Gasteiger partial charge in [0.05, 0.1) is 10.8 Å². The van der Waals surface area contributed by atoms with Crippen LogP contribution in [0.4, 0.5) is 23.7 Å². The maximum Gasteiger partial charge on any atom is 0.416 e. The lowest BCUT2D eigenvalue weighted by Crippen LogP contribution is -2.52. The predicted octanol–water partition coefficient (Wildman–Crippen LogP) is 2.35. The van der Waals surface area contributed by atoms with Gasteiger partial charge < -0.3 is 10.2 Å². The van der Waals surface area contributed by atoms with Gasteiger partial charge in [-0.1, -0.05) is 0 Å². The quantitative estimate of drug-likeness (QED) is 0.879. The van der Waals surface area contributed by atoms with Crippen molar-refractivity contribution < 1.29 is 26.4 Å². The fraction of sp³-hybridized carbons (Fsp3) is 0.533. The smallest absolute Gasteiger partial charge is 0.322 e. The largest absolute Gasteiger partial charge is 0.416 e. The lowest BCUT2D eigenvalue weighted by molar-refractivity contribution is -0.137. The number of nitrogens with one attached hydrogen (secondary N) is 1. The van der Waals surface area contributed by atoms with E-state index in [-0.39, 0.29) is 37.1 Å². The van der Waals surface area contributed by atoms with E-state index < -0.39 is 27.8 Å². The van der Waals surface area contributed by atoms with E-state index in [2.05, 4.69) is 5.32 Å². The van der Waals surface area contributed by atoms with E-state index in [1.54, 1.807) is 0 Å². The molecule has 1 aromatic carbocycles. The summed E-state index contributed by atoms with van der Waals surface area (Å²) in [5.74, 6) is 0. The number of sulfonamides is 1. The van der Waals surface area contributed by atoms with E-state index in [0.29, 0.717) is 12.8 Å². The predicted molar refractivity (Wildman–Crippen MR) is 85.6 cm³/mol. The van der Waals surface area contributed by atoms with Crippen molar-refractivity contribution in [3.63, 3.8) is 0 Å². The minimum absolute atomic E-state index is 0.235. The van der Waals surface area contributed by atoms with Crippen LogP contribution in [-0.2, 0) is 16.2 Å². The number of benzene rings is 1. The van der Waals surface area contributed by atoms with E-state index in [1.165, 1.54) is 21.3 Å². The molecule has 1 heterocycles. The highest BCUT2D eigenvalue weighted by Gasteiger charge is 2.41. The molecule has 1 aliphatic heterocycles. The second-order valence-electron chi connectivity index (χ2n) is 6.14. The summed E-state index contributed by atoms with van der Waals surface area (Å²) in [5, 5.41) is 2.25. The average Bonchev–Trinajstić information content (AvgIpc) is 3.40. The number of anilines is 1. The molecule has 6 nitrogen and oxygen atoms in total. The van der Waals surface area contributed by atoms with Gasteiger partial charge in [0.1, 0.15) is 0 Å². The van der Waals surface area contributed by atoms with Gasteiger partial charge in [0.15, 0.2) is 0 Å². The summed E-state index contributed by atoms with van der Waals surface area (Å²) >= 11 is 0. The first-order valence-electron chi connectivity index (χ1n) is 7.90. The maximum absolute atomic E-state index is 12.5. The number of piperazine rings is 1.